The predicted octanol–water partition coefficient (Wildman–Crippen LogP) is 4.61. The summed E-state index contributed by atoms with van der Waals surface area (Å²) in [6, 6.07) is 28.5. The summed E-state index contributed by atoms with van der Waals surface area (Å²) < 4.78 is 18.2. The molecule has 7 heteroatoms. The molecule has 0 saturated carbocycles. The second kappa shape index (κ2) is 14.0. The first-order valence-electron chi connectivity index (χ1n) is 11.2. The molecule has 0 amide bonds. The molecule has 0 saturated heterocycles. The molecular formula is C27H29NO6. The molecule has 3 aromatic rings. The minimum Gasteiger partial charge on any atom is -0.370 e. The highest BCUT2D eigenvalue weighted by molar-refractivity contribution is 5.57. The van der Waals surface area contributed by atoms with Crippen LogP contribution in [0.25, 0.3) is 0 Å². The normalized spacial score (nSPS) is 13.6. The first-order valence-corrected chi connectivity index (χ1v) is 11.2. The lowest BCUT2D eigenvalue weighted by molar-refractivity contribution is -0.482. The summed E-state index contributed by atoms with van der Waals surface area (Å²) >= 11 is 0. The van der Waals surface area contributed by atoms with Crippen molar-refractivity contribution in [3.63, 3.8) is 0 Å². The number of benzene rings is 3. The molecule has 7 nitrogen and oxygen atoms in total. The third kappa shape index (κ3) is 8.51. The average molecular weight is 464 g/mol. The van der Waals surface area contributed by atoms with E-state index in [1.54, 1.807) is 0 Å². The Morgan fingerprint density at radius 3 is 1.59 bits per heavy atom. The van der Waals surface area contributed by atoms with E-state index in [1.807, 2.05) is 91.0 Å². The Labute approximate surface area is 199 Å². The average Bonchev–Trinajstić information content (AvgIpc) is 2.88. The zero-order chi connectivity index (χ0) is 24.0. The largest absolute Gasteiger partial charge is 0.370 e. The van der Waals surface area contributed by atoms with E-state index >= 15 is 0 Å². The van der Waals surface area contributed by atoms with Gasteiger partial charge in [0.05, 0.1) is 25.9 Å². The van der Waals surface area contributed by atoms with Crippen molar-refractivity contribution in [2.45, 2.75) is 44.6 Å². The van der Waals surface area contributed by atoms with Gasteiger partial charge in [0, 0.05) is 11.3 Å². The monoisotopic (exact) mass is 463 g/mol. The van der Waals surface area contributed by atoms with Crippen molar-refractivity contribution >= 4 is 6.29 Å². The van der Waals surface area contributed by atoms with E-state index in [-0.39, 0.29) is 32.8 Å². The fourth-order valence-electron chi connectivity index (χ4n) is 3.51. The molecule has 3 unspecified atom stereocenters. The molecule has 0 aromatic heterocycles. The van der Waals surface area contributed by atoms with Crippen molar-refractivity contribution < 1.29 is 23.9 Å². The molecule has 3 atom stereocenters. The van der Waals surface area contributed by atoms with Gasteiger partial charge in [0.25, 0.3) is 0 Å². The van der Waals surface area contributed by atoms with E-state index in [0.29, 0.717) is 6.29 Å². The quantitative estimate of drug-likeness (QED) is 0.186. The van der Waals surface area contributed by atoms with Crippen LogP contribution in [0.15, 0.2) is 91.0 Å². The van der Waals surface area contributed by atoms with Gasteiger partial charge in [0.15, 0.2) is 6.29 Å². The minimum atomic E-state index is -0.962. The van der Waals surface area contributed by atoms with Crippen LogP contribution in [-0.2, 0) is 38.8 Å². The van der Waals surface area contributed by atoms with E-state index in [0.717, 1.165) is 16.7 Å². The molecule has 178 valence electrons. The van der Waals surface area contributed by atoms with Gasteiger partial charge in [-0.1, -0.05) is 91.0 Å². The number of rotatable bonds is 15. The maximum Gasteiger partial charge on any atom is 0.206 e. The molecule has 0 spiro atoms. The zero-order valence-corrected chi connectivity index (χ0v) is 18.9. The smallest absolute Gasteiger partial charge is 0.206 e. The third-order valence-corrected chi connectivity index (χ3v) is 5.30. The molecule has 0 aliphatic carbocycles. The summed E-state index contributed by atoms with van der Waals surface area (Å²) in [5, 5.41) is 11.1. The van der Waals surface area contributed by atoms with E-state index in [4.69, 9.17) is 14.2 Å². The lowest BCUT2D eigenvalue weighted by Crippen LogP contribution is -2.44. The summed E-state index contributed by atoms with van der Waals surface area (Å²) in [7, 11) is 0. The Bertz CT molecular complexity index is 984. The van der Waals surface area contributed by atoms with E-state index < -0.39 is 23.2 Å². The van der Waals surface area contributed by atoms with Crippen molar-refractivity contribution in [2.75, 3.05) is 6.54 Å². The number of carbonyl (C=O) groups is 1. The lowest BCUT2D eigenvalue weighted by atomic mass is 10.0. The second-order valence-corrected chi connectivity index (χ2v) is 7.84. The molecule has 0 aliphatic heterocycles. The molecule has 0 aliphatic rings. The zero-order valence-electron chi connectivity index (χ0n) is 18.9. The van der Waals surface area contributed by atoms with Crippen LogP contribution < -0.4 is 0 Å². The highest BCUT2D eigenvalue weighted by Gasteiger charge is 2.33. The van der Waals surface area contributed by atoms with Crippen LogP contribution in [0.3, 0.4) is 0 Å². The topological polar surface area (TPSA) is 87.9 Å². The summed E-state index contributed by atoms with van der Waals surface area (Å²) in [4.78, 5) is 22.8. The Kier molecular flexibility index (Phi) is 10.4. The molecule has 34 heavy (non-hydrogen) atoms. The highest BCUT2D eigenvalue weighted by atomic mass is 16.6. The first-order chi connectivity index (χ1) is 16.7. The van der Waals surface area contributed by atoms with Gasteiger partial charge < -0.3 is 19.0 Å². The van der Waals surface area contributed by atoms with Crippen LogP contribution in [0.2, 0.25) is 0 Å². The number of aldehydes is 1. The molecule has 3 aromatic carbocycles. The van der Waals surface area contributed by atoms with Crippen molar-refractivity contribution in [1.29, 1.82) is 0 Å². The van der Waals surface area contributed by atoms with Crippen molar-refractivity contribution in [2.24, 2.45) is 0 Å². The predicted molar refractivity (Wildman–Crippen MR) is 128 cm³/mol. The SMILES string of the molecule is O=CC(OCc1ccccc1)C(OCc1ccccc1)C(CC[N+](=O)[O-])OCc1ccccc1. The van der Waals surface area contributed by atoms with Crippen molar-refractivity contribution in [1.82, 2.24) is 0 Å². The van der Waals surface area contributed by atoms with Crippen LogP contribution >= 0.6 is 0 Å². The fraction of sp³-hybridized carbons (Fsp3) is 0.296. The maximum atomic E-state index is 12.1. The van der Waals surface area contributed by atoms with Gasteiger partial charge in [-0.15, -0.1) is 0 Å². The lowest BCUT2D eigenvalue weighted by Gasteiger charge is -2.30. The highest BCUT2D eigenvalue weighted by Crippen LogP contribution is 2.20. The van der Waals surface area contributed by atoms with Crippen LogP contribution in [0.1, 0.15) is 23.1 Å². The van der Waals surface area contributed by atoms with E-state index in [1.165, 1.54) is 0 Å². The van der Waals surface area contributed by atoms with Gasteiger partial charge in [-0.05, 0) is 16.7 Å². The molecule has 0 fully saturated rings. The number of carbonyl (C=O) groups excluding carboxylic acids is 1. The first kappa shape index (κ1) is 25.2. The number of nitrogens with zero attached hydrogens (tertiary/aromatic N) is 1. The van der Waals surface area contributed by atoms with E-state index in [9.17, 15) is 14.9 Å². The summed E-state index contributed by atoms with van der Waals surface area (Å²) in [5.41, 5.74) is 2.74. The molecule has 0 heterocycles. The number of nitro groups is 1. The Morgan fingerprint density at radius 2 is 1.15 bits per heavy atom. The number of hydrogen-bond donors (Lipinski definition) is 0. The molecule has 0 bridgehead atoms. The third-order valence-electron chi connectivity index (χ3n) is 5.30. The van der Waals surface area contributed by atoms with Gasteiger partial charge in [0.1, 0.15) is 12.2 Å². The fourth-order valence-corrected chi connectivity index (χ4v) is 3.51. The number of hydrogen-bond acceptors (Lipinski definition) is 6. The molecule has 3 rings (SSSR count). The standard InChI is InChI=1S/C27H29NO6/c29-18-26(33-20-23-12-6-2-7-13-23)27(34-21-24-14-8-3-9-15-24)25(16-17-28(30)31)32-19-22-10-4-1-5-11-22/h1-15,18,25-27H,16-17,19-21H2. The van der Waals surface area contributed by atoms with Crippen LogP contribution in [0.4, 0.5) is 0 Å². The Hall–Kier alpha value is -3.39. The summed E-state index contributed by atoms with van der Waals surface area (Å²) in [5.74, 6) is 0. The molecular weight excluding hydrogens is 434 g/mol. The van der Waals surface area contributed by atoms with Gasteiger partial charge >= 0.3 is 0 Å². The van der Waals surface area contributed by atoms with Crippen LogP contribution in [0, 0.1) is 10.1 Å². The number of ether oxygens (including phenoxy) is 3. The van der Waals surface area contributed by atoms with E-state index in [2.05, 4.69) is 0 Å². The minimum absolute atomic E-state index is 0.0817. The molecule has 0 N–H and O–H groups in total. The van der Waals surface area contributed by atoms with Gasteiger partial charge in [-0.25, -0.2) is 0 Å². The van der Waals surface area contributed by atoms with Crippen molar-refractivity contribution in [3.8, 4) is 0 Å². The maximum absolute atomic E-state index is 12.1. The summed E-state index contributed by atoms with van der Waals surface area (Å²) in [6.07, 6.45) is -1.75. The van der Waals surface area contributed by atoms with Gasteiger partial charge in [-0.3, -0.25) is 10.1 Å². The second-order valence-electron chi connectivity index (χ2n) is 7.84. The summed E-state index contributed by atoms with van der Waals surface area (Å²) in [6.45, 7) is 0.345. The van der Waals surface area contributed by atoms with Gasteiger partial charge in [-0.2, -0.15) is 0 Å². The van der Waals surface area contributed by atoms with Crippen LogP contribution in [-0.4, -0.2) is 36.1 Å². The van der Waals surface area contributed by atoms with Crippen molar-refractivity contribution in [3.05, 3.63) is 118 Å². The Balaban J connectivity index is 1.78. The molecule has 0 radical (unpaired) electrons. The Morgan fingerprint density at radius 1 is 0.706 bits per heavy atom. The van der Waals surface area contributed by atoms with Crippen LogP contribution in [0.5, 0.6) is 0 Å². The van der Waals surface area contributed by atoms with Gasteiger partial charge in [0.2, 0.25) is 6.54 Å².